The monoisotopic (exact) mass is 271 g/mol. The van der Waals surface area contributed by atoms with Gasteiger partial charge in [-0.05, 0) is 31.9 Å². The average Bonchev–Trinajstić information content (AvgIpc) is 2.92. The summed E-state index contributed by atoms with van der Waals surface area (Å²) in [5.41, 5.74) is 2.84. The summed E-state index contributed by atoms with van der Waals surface area (Å²) >= 11 is 0. The van der Waals surface area contributed by atoms with Gasteiger partial charge in [0.1, 0.15) is 5.82 Å². The molecular weight excluding hydrogens is 250 g/mol. The predicted molar refractivity (Wildman–Crippen MR) is 80.9 cm³/mol. The number of aryl methyl sites for hydroxylation is 1. The summed E-state index contributed by atoms with van der Waals surface area (Å²) in [5, 5.41) is 3.46. The lowest BCUT2D eigenvalue weighted by Crippen LogP contribution is -2.23. The predicted octanol–water partition coefficient (Wildman–Crippen LogP) is 3.17. The molecular formula is C16H21N3O. The van der Waals surface area contributed by atoms with Crippen LogP contribution in [-0.4, -0.2) is 29.2 Å². The molecule has 0 amide bonds. The Morgan fingerprint density at radius 2 is 2.00 bits per heavy atom. The van der Waals surface area contributed by atoms with E-state index in [-0.39, 0.29) is 0 Å². The highest BCUT2D eigenvalue weighted by Crippen LogP contribution is 2.24. The maximum atomic E-state index is 5.73. The zero-order chi connectivity index (χ0) is 13.9. The van der Waals surface area contributed by atoms with E-state index in [1.54, 1.807) is 0 Å². The molecule has 3 rings (SSSR count). The van der Waals surface area contributed by atoms with Crippen LogP contribution >= 0.6 is 0 Å². The average molecular weight is 271 g/mol. The van der Waals surface area contributed by atoms with Gasteiger partial charge in [-0.15, -0.1) is 0 Å². The summed E-state index contributed by atoms with van der Waals surface area (Å²) in [5.74, 6) is 1.47. The molecule has 1 aromatic carbocycles. The van der Waals surface area contributed by atoms with Crippen molar-refractivity contribution in [1.82, 2.24) is 9.97 Å². The van der Waals surface area contributed by atoms with Crippen molar-refractivity contribution in [2.45, 2.75) is 32.8 Å². The van der Waals surface area contributed by atoms with Gasteiger partial charge in [-0.3, -0.25) is 0 Å². The maximum Gasteiger partial charge on any atom is 0.148 e. The topological polar surface area (TPSA) is 47.0 Å². The van der Waals surface area contributed by atoms with Crippen LogP contribution in [0.4, 0.5) is 5.82 Å². The Morgan fingerprint density at radius 1 is 1.25 bits per heavy atom. The fraction of sp³-hybridized carbons (Fsp3) is 0.500. The van der Waals surface area contributed by atoms with Gasteiger partial charge in [-0.1, -0.05) is 19.1 Å². The molecule has 2 unspecified atom stereocenters. The number of nitrogens with zero attached hydrogens (tertiary/aromatic N) is 2. The van der Waals surface area contributed by atoms with Crippen LogP contribution in [0.1, 0.15) is 25.5 Å². The van der Waals surface area contributed by atoms with E-state index in [2.05, 4.69) is 22.2 Å². The lowest BCUT2D eigenvalue weighted by molar-refractivity contribution is 0.0900. The molecule has 1 fully saturated rings. The van der Waals surface area contributed by atoms with Crippen LogP contribution in [0.2, 0.25) is 0 Å². The van der Waals surface area contributed by atoms with Gasteiger partial charge in [0.05, 0.1) is 22.8 Å². The van der Waals surface area contributed by atoms with Crippen LogP contribution in [0.5, 0.6) is 0 Å². The quantitative estimate of drug-likeness (QED) is 0.928. The highest BCUT2D eigenvalue weighted by Gasteiger charge is 2.26. The highest BCUT2D eigenvalue weighted by molar-refractivity contribution is 5.76. The molecule has 1 N–H and O–H groups in total. The van der Waals surface area contributed by atoms with E-state index in [0.717, 1.165) is 48.5 Å². The number of aromatic nitrogens is 2. The molecule has 2 atom stereocenters. The third-order valence-electron chi connectivity index (χ3n) is 4.03. The first kappa shape index (κ1) is 13.3. The number of ether oxygens (including phenoxy) is 1. The number of hydrogen-bond acceptors (Lipinski definition) is 4. The van der Waals surface area contributed by atoms with Gasteiger partial charge in [0.15, 0.2) is 0 Å². The first-order valence-corrected chi connectivity index (χ1v) is 7.36. The van der Waals surface area contributed by atoms with Gasteiger partial charge in [-0.25, -0.2) is 9.97 Å². The van der Waals surface area contributed by atoms with E-state index in [1.807, 2.05) is 31.2 Å². The fourth-order valence-corrected chi connectivity index (χ4v) is 2.86. The van der Waals surface area contributed by atoms with Gasteiger partial charge >= 0.3 is 0 Å². The number of anilines is 1. The normalized spacial score (nSPS) is 22.3. The molecule has 1 aromatic heterocycles. The molecule has 1 saturated heterocycles. The van der Waals surface area contributed by atoms with Crippen LogP contribution < -0.4 is 5.32 Å². The molecule has 0 aliphatic carbocycles. The van der Waals surface area contributed by atoms with Crippen LogP contribution in [0, 0.1) is 12.8 Å². The van der Waals surface area contributed by atoms with Crippen molar-refractivity contribution in [1.29, 1.82) is 0 Å². The number of nitrogens with one attached hydrogen (secondary N) is 1. The van der Waals surface area contributed by atoms with E-state index < -0.39 is 0 Å². The summed E-state index contributed by atoms with van der Waals surface area (Å²) in [7, 11) is 0. The Kier molecular flexibility index (Phi) is 3.83. The van der Waals surface area contributed by atoms with Crippen molar-refractivity contribution in [2.24, 2.45) is 5.92 Å². The van der Waals surface area contributed by atoms with Crippen molar-refractivity contribution in [3.63, 3.8) is 0 Å². The summed E-state index contributed by atoms with van der Waals surface area (Å²) in [6, 6.07) is 7.98. The molecule has 0 saturated carbocycles. The van der Waals surface area contributed by atoms with Gasteiger partial charge < -0.3 is 10.1 Å². The molecule has 0 radical (unpaired) electrons. The number of hydrogen-bond donors (Lipinski definition) is 1. The number of fused-ring (bicyclic) bond motifs is 1. The Hall–Kier alpha value is -1.68. The first-order valence-electron chi connectivity index (χ1n) is 7.36. The maximum absolute atomic E-state index is 5.73. The van der Waals surface area contributed by atoms with Crippen molar-refractivity contribution >= 4 is 16.9 Å². The van der Waals surface area contributed by atoms with Crippen LogP contribution in [0.3, 0.4) is 0 Å². The van der Waals surface area contributed by atoms with E-state index in [9.17, 15) is 0 Å². The molecule has 2 aromatic rings. The van der Waals surface area contributed by atoms with Gasteiger partial charge in [-0.2, -0.15) is 0 Å². The molecule has 2 heterocycles. The zero-order valence-corrected chi connectivity index (χ0v) is 12.1. The number of benzene rings is 1. The second-order valence-corrected chi connectivity index (χ2v) is 5.39. The summed E-state index contributed by atoms with van der Waals surface area (Å²) in [4.78, 5) is 9.28. The standard InChI is InChI=1S/C16H21N3O/c1-3-15-12(8-9-20-15)10-17-16-11(2)18-13-6-4-5-7-14(13)19-16/h4-7,12,15H,3,8-10H2,1-2H3,(H,17,19). The smallest absolute Gasteiger partial charge is 0.148 e. The molecule has 4 heteroatoms. The van der Waals surface area contributed by atoms with Crippen LogP contribution in [-0.2, 0) is 4.74 Å². The third kappa shape index (κ3) is 2.61. The third-order valence-corrected chi connectivity index (χ3v) is 4.03. The van der Waals surface area contributed by atoms with E-state index >= 15 is 0 Å². The summed E-state index contributed by atoms with van der Waals surface area (Å²) < 4.78 is 5.73. The molecule has 106 valence electrons. The van der Waals surface area contributed by atoms with E-state index in [4.69, 9.17) is 4.74 Å². The lowest BCUT2D eigenvalue weighted by atomic mass is 10.00. The zero-order valence-electron chi connectivity index (χ0n) is 12.1. The number of rotatable bonds is 4. The Labute approximate surface area is 119 Å². The van der Waals surface area contributed by atoms with Gasteiger partial charge in [0.25, 0.3) is 0 Å². The highest BCUT2D eigenvalue weighted by atomic mass is 16.5. The molecule has 0 bridgehead atoms. The minimum absolute atomic E-state index is 0.385. The van der Waals surface area contributed by atoms with Gasteiger partial charge in [0, 0.05) is 19.1 Å². The SMILES string of the molecule is CCC1OCCC1CNc1nc2ccccc2nc1C. The van der Waals surface area contributed by atoms with Crippen molar-refractivity contribution in [2.75, 3.05) is 18.5 Å². The van der Waals surface area contributed by atoms with E-state index in [1.165, 1.54) is 0 Å². The van der Waals surface area contributed by atoms with Crippen molar-refractivity contribution in [3.05, 3.63) is 30.0 Å². The van der Waals surface area contributed by atoms with Crippen molar-refractivity contribution < 1.29 is 4.74 Å². The molecule has 20 heavy (non-hydrogen) atoms. The summed E-state index contributed by atoms with van der Waals surface area (Å²) in [6.07, 6.45) is 2.59. The Balaban J connectivity index is 1.75. The largest absolute Gasteiger partial charge is 0.378 e. The minimum atomic E-state index is 0.385. The van der Waals surface area contributed by atoms with Crippen molar-refractivity contribution in [3.8, 4) is 0 Å². The molecule has 1 aliphatic rings. The Bertz CT molecular complexity index is 599. The molecule has 1 aliphatic heterocycles. The minimum Gasteiger partial charge on any atom is -0.378 e. The van der Waals surface area contributed by atoms with Gasteiger partial charge in [0.2, 0.25) is 0 Å². The van der Waals surface area contributed by atoms with Crippen LogP contribution in [0.15, 0.2) is 24.3 Å². The summed E-state index contributed by atoms with van der Waals surface area (Å²) in [6.45, 7) is 5.98. The fourth-order valence-electron chi connectivity index (χ4n) is 2.86. The van der Waals surface area contributed by atoms with Crippen LogP contribution in [0.25, 0.3) is 11.0 Å². The molecule has 0 spiro atoms. The van der Waals surface area contributed by atoms with E-state index in [0.29, 0.717) is 12.0 Å². The lowest BCUT2D eigenvalue weighted by Gasteiger charge is -2.18. The second kappa shape index (κ2) is 5.75. The molecule has 4 nitrogen and oxygen atoms in total. The Morgan fingerprint density at radius 3 is 2.75 bits per heavy atom. The second-order valence-electron chi connectivity index (χ2n) is 5.39. The first-order chi connectivity index (χ1) is 9.78. The number of para-hydroxylation sites is 2.